The zero-order chi connectivity index (χ0) is 15.5. The van der Waals surface area contributed by atoms with Gasteiger partial charge in [0.2, 0.25) is 0 Å². The summed E-state index contributed by atoms with van der Waals surface area (Å²) in [7, 11) is 0. The first-order chi connectivity index (χ1) is 9.85. The number of aryl methyl sites for hydroxylation is 1. The number of esters is 1. The Hall–Kier alpha value is -1.31. The number of ether oxygens (including phenoxy) is 1. The van der Waals surface area contributed by atoms with Crippen molar-refractivity contribution in [3.8, 4) is 0 Å². The third kappa shape index (κ3) is 4.87. The van der Waals surface area contributed by atoms with Crippen LogP contribution in [-0.4, -0.2) is 11.6 Å². The maximum absolute atomic E-state index is 12.2. The molecule has 0 N–H and O–H groups in total. The van der Waals surface area contributed by atoms with Crippen molar-refractivity contribution in [3.05, 3.63) is 35.4 Å². The molecule has 0 amide bonds. The predicted octanol–water partition coefficient (Wildman–Crippen LogP) is 5.00. The number of hydrogen-bond acceptors (Lipinski definition) is 2. The van der Waals surface area contributed by atoms with E-state index in [0.717, 1.165) is 0 Å². The van der Waals surface area contributed by atoms with Crippen LogP contribution in [0.5, 0.6) is 0 Å². The molecule has 1 saturated carbocycles. The van der Waals surface area contributed by atoms with Crippen molar-refractivity contribution in [2.75, 3.05) is 0 Å². The fraction of sp³-hybridized carbons (Fsp3) is 0.632. The van der Waals surface area contributed by atoms with Crippen molar-refractivity contribution in [1.29, 1.82) is 0 Å². The van der Waals surface area contributed by atoms with Gasteiger partial charge in [0.1, 0.15) is 5.60 Å². The predicted molar refractivity (Wildman–Crippen MR) is 86.3 cm³/mol. The fourth-order valence-electron chi connectivity index (χ4n) is 3.29. The molecule has 1 aromatic carbocycles. The molecule has 1 fully saturated rings. The number of carbonyl (C=O) groups is 1. The van der Waals surface area contributed by atoms with Crippen LogP contribution in [-0.2, 0) is 9.53 Å². The maximum atomic E-state index is 12.2. The summed E-state index contributed by atoms with van der Waals surface area (Å²) in [6.45, 7) is 7.90. The molecule has 2 heteroatoms. The van der Waals surface area contributed by atoms with E-state index in [-0.39, 0.29) is 5.97 Å². The number of benzene rings is 1. The summed E-state index contributed by atoms with van der Waals surface area (Å²) in [5.74, 6) is 0.864. The molecular weight excluding hydrogens is 260 g/mol. The SMILES string of the molecule is Cc1ccc(C(CC(=O)OC(C)(C)C)C2CCCC2)cc1. The Morgan fingerprint density at radius 3 is 2.29 bits per heavy atom. The van der Waals surface area contributed by atoms with E-state index in [1.54, 1.807) is 0 Å². The van der Waals surface area contributed by atoms with E-state index in [4.69, 9.17) is 4.74 Å². The van der Waals surface area contributed by atoms with Gasteiger partial charge in [-0.1, -0.05) is 42.7 Å². The van der Waals surface area contributed by atoms with E-state index in [1.165, 1.54) is 36.8 Å². The molecule has 2 rings (SSSR count). The lowest BCUT2D eigenvalue weighted by atomic mass is 9.82. The minimum Gasteiger partial charge on any atom is -0.460 e. The van der Waals surface area contributed by atoms with Crippen LogP contribution in [0.3, 0.4) is 0 Å². The van der Waals surface area contributed by atoms with Gasteiger partial charge in [-0.05, 0) is 57.9 Å². The molecule has 116 valence electrons. The Kier molecular flexibility index (Phi) is 5.08. The van der Waals surface area contributed by atoms with Crippen molar-refractivity contribution in [2.45, 2.75) is 71.3 Å². The van der Waals surface area contributed by atoms with E-state index in [0.29, 0.717) is 18.3 Å². The van der Waals surface area contributed by atoms with Crippen molar-refractivity contribution >= 4 is 5.97 Å². The molecular formula is C19H28O2. The van der Waals surface area contributed by atoms with Crippen LogP contribution in [0.4, 0.5) is 0 Å². The fourth-order valence-corrected chi connectivity index (χ4v) is 3.29. The zero-order valence-electron chi connectivity index (χ0n) is 13.8. The van der Waals surface area contributed by atoms with E-state index in [2.05, 4.69) is 31.2 Å². The monoisotopic (exact) mass is 288 g/mol. The van der Waals surface area contributed by atoms with Crippen LogP contribution in [0.15, 0.2) is 24.3 Å². The topological polar surface area (TPSA) is 26.3 Å². The summed E-state index contributed by atoms with van der Waals surface area (Å²) in [6.07, 6.45) is 5.57. The molecule has 0 radical (unpaired) electrons. The van der Waals surface area contributed by atoms with Gasteiger partial charge in [0.05, 0.1) is 6.42 Å². The summed E-state index contributed by atoms with van der Waals surface area (Å²) in [5.41, 5.74) is 2.16. The van der Waals surface area contributed by atoms with Gasteiger partial charge in [-0.15, -0.1) is 0 Å². The minimum absolute atomic E-state index is 0.0695. The second-order valence-corrected chi connectivity index (χ2v) is 7.35. The quantitative estimate of drug-likeness (QED) is 0.729. The summed E-state index contributed by atoms with van der Waals surface area (Å²) in [6, 6.07) is 8.66. The third-order valence-electron chi connectivity index (χ3n) is 4.28. The Bertz CT molecular complexity index is 461. The maximum Gasteiger partial charge on any atom is 0.306 e. The lowest BCUT2D eigenvalue weighted by Crippen LogP contribution is -2.26. The molecule has 21 heavy (non-hydrogen) atoms. The highest BCUT2D eigenvalue weighted by atomic mass is 16.6. The first-order valence-corrected chi connectivity index (χ1v) is 8.13. The number of hydrogen-bond donors (Lipinski definition) is 0. The van der Waals surface area contributed by atoms with Gasteiger partial charge in [-0.3, -0.25) is 4.79 Å². The van der Waals surface area contributed by atoms with Crippen LogP contribution in [0.1, 0.15) is 69.9 Å². The lowest BCUT2D eigenvalue weighted by molar-refractivity contribution is -0.155. The minimum atomic E-state index is -0.398. The molecule has 0 aromatic heterocycles. The van der Waals surface area contributed by atoms with Gasteiger partial charge in [0, 0.05) is 0 Å². The lowest BCUT2D eigenvalue weighted by Gasteiger charge is -2.26. The van der Waals surface area contributed by atoms with Gasteiger partial charge in [0.15, 0.2) is 0 Å². The number of carbonyl (C=O) groups excluding carboxylic acids is 1. The van der Waals surface area contributed by atoms with Gasteiger partial charge in [0.25, 0.3) is 0 Å². The molecule has 1 atom stereocenters. The van der Waals surface area contributed by atoms with Crippen LogP contribution in [0, 0.1) is 12.8 Å². The Morgan fingerprint density at radius 2 is 1.76 bits per heavy atom. The smallest absolute Gasteiger partial charge is 0.306 e. The third-order valence-corrected chi connectivity index (χ3v) is 4.28. The first kappa shape index (κ1) is 16.1. The molecule has 1 unspecified atom stereocenters. The Labute approximate surface area is 128 Å². The normalized spacial score (nSPS) is 17.7. The Balaban J connectivity index is 2.12. The van der Waals surface area contributed by atoms with Gasteiger partial charge >= 0.3 is 5.97 Å². The van der Waals surface area contributed by atoms with Crippen molar-refractivity contribution in [3.63, 3.8) is 0 Å². The molecule has 1 aliphatic rings. The molecule has 0 saturated heterocycles. The van der Waals surface area contributed by atoms with E-state index >= 15 is 0 Å². The van der Waals surface area contributed by atoms with Crippen LogP contribution in [0.25, 0.3) is 0 Å². The Morgan fingerprint density at radius 1 is 1.19 bits per heavy atom. The molecule has 0 aliphatic heterocycles. The van der Waals surface area contributed by atoms with Crippen molar-refractivity contribution < 1.29 is 9.53 Å². The summed E-state index contributed by atoms with van der Waals surface area (Å²) < 4.78 is 5.53. The van der Waals surface area contributed by atoms with Gasteiger partial charge < -0.3 is 4.74 Å². The highest BCUT2D eigenvalue weighted by molar-refractivity contribution is 5.71. The van der Waals surface area contributed by atoms with E-state index in [1.807, 2.05) is 20.8 Å². The standard InChI is InChI=1S/C19H28O2/c1-14-9-11-16(12-10-14)17(15-7-5-6-8-15)13-18(20)21-19(2,3)4/h9-12,15,17H,5-8,13H2,1-4H3. The van der Waals surface area contributed by atoms with Gasteiger partial charge in [-0.25, -0.2) is 0 Å². The van der Waals surface area contributed by atoms with Crippen LogP contribution in [0.2, 0.25) is 0 Å². The highest BCUT2D eigenvalue weighted by Crippen LogP contribution is 2.39. The highest BCUT2D eigenvalue weighted by Gasteiger charge is 2.30. The molecule has 1 aliphatic carbocycles. The molecule has 0 heterocycles. The first-order valence-electron chi connectivity index (χ1n) is 8.13. The van der Waals surface area contributed by atoms with Crippen LogP contribution < -0.4 is 0 Å². The van der Waals surface area contributed by atoms with Crippen molar-refractivity contribution in [2.24, 2.45) is 5.92 Å². The van der Waals surface area contributed by atoms with Crippen molar-refractivity contribution in [1.82, 2.24) is 0 Å². The molecule has 0 spiro atoms. The molecule has 1 aromatic rings. The molecule has 2 nitrogen and oxygen atoms in total. The van der Waals surface area contributed by atoms with Gasteiger partial charge in [-0.2, -0.15) is 0 Å². The number of rotatable bonds is 4. The van der Waals surface area contributed by atoms with E-state index < -0.39 is 5.60 Å². The second kappa shape index (κ2) is 6.64. The average molecular weight is 288 g/mol. The van der Waals surface area contributed by atoms with Crippen LogP contribution >= 0.6 is 0 Å². The largest absolute Gasteiger partial charge is 0.460 e. The molecule has 0 bridgehead atoms. The summed E-state index contributed by atoms with van der Waals surface area (Å²) in [4.78, 5) is 12.2. The van der Waals surface area contributed by atoms with E-state index in [9.17, 15) is 4.79 Å². The average Bonchev–Trinajstić information content (AvgIpc) is 2.88. The summed E-state index contributed by atoms with van der Waals surface area (Å²) >= 11 is 0. The summed E-state index contributed by atoms with van der Waals surface area (Å²) in [5, 5.41) is 0. The second-order valence-electron chi connectivity index (χ2n) is 7.35. The zero-order valence-corrected chi connectivity index (χ0v) is 13.8.